The molecule has 0 aliphatic heterocycles. The summed E-state index contributed by atoms with van der Waals surface area (Å²) in [6, 6.07) is 4.85. The molecule has 6 N–H and O–H groups in total. The summed E-state index contributed by atoms with van der Waals surface area (Å²) < 4.78 is 0. The van der Waals surface area contributed by atoms with Gasteiger partial charge < -0.3 is 26.6 Å². The number of hydrogen-bond donors (Lipinski definition) is 5. The molecule has 1 aromatic rings. The van der Waals surface area contributed by atoms with Crippen molar-refractivity contribution in [2.24, 2.45) is 5.73 Å². The maximum Gasteiger partial charge on any atom is 0.326 e. The minimum absolute atomic E-state index is 0.0617. The Morgan fingerprint density at radius 3 is 2.29 bits per heavy atom. The number of benzene rings is 1. The Morgan fingerprint density at radius 1 is 1.14 bits per heavy atom. The summed E-state index contributed by atoms with van der Waals surface area (Å²) in [6.07, 6.45) is 0.0617. The van der Waals surface area contributed by atoms with Crippen LogP contribution in [0, 0.1) is 0 Å². The van der Waals surface area contributed by atoms with E-state index in [1.165, 1.54) is 12.1 Å². The molecule has 0 aliphatic rings. The molecule has 21 heavy (non-hydrogen) atoms. The van der Waals surface area contributed by atoms with Gasteiger partial charge >= 0.3 is 5.97 Å². The second kappa shape index (κ2) is 7.85. The van der Waals surface area contributed by atoms with Crippen LogP contribution < -0.4 is 16.4 Å². The van der Waals surface area contributed by atoms with Crippen molar-refractivity contribution in [3.05, 3.63) is 29.8 Å². The van der Waals surface area contributed by atoms with Crippen LogP contribution in [0.5, 0.6) is 5.75 Å². The van der Waals surface area contributed by atoms with Crippen molar-refractivity contribution < 1.29 is 24.6 Å². The maximum atomic E-state index is 11.6. The minimum atomic E-state index is -1.19. The zero-order valence-electron chi connectivity index (χ0n) is 11.2. The van der Waals surface area contributed by atoms with Gasteiger partial charge in [0.1, 0.15) is 11.8 Å². The Balaban J connectivity index is 2.57. The highest BCUT2D eigenvalue weighted by Gasteiger charge is 2.20. The van der Waals surface area contributed by atoms with E-state index in [0.717, 1.165) is 0 Å². The molecular formula is C13H17N3O5. The summed E-state index contributed by atoms with van der Waals surface area (Å²) in [5.74, 6) is -2.25. The first kappa shape index (κ1) is 16.4. The van der Waals surface area contributed by atoms with Gasteiger partial charge in [-0.05, 0) is 17.7 Å². The molecule has 8 nitrogen and oxygen atoms in total. The molecule has 8 heteroatoms. The largest absolute Gasteiger partial charge is 0.508 e. The third-order valence-electron chi connectivity index (χ3n) is 2.64. The summed E-state index contributed by atoms with van der Waals surface area (Å²) in [7, 11) is 0. The monoisotopic (exact) mass is 295 g/mol. The lowest BCUT2D eigenvalue weighted by Crippen LogP contribution is -2.47. The number of nitrogens with one attached hydrogen (secondary N) is 2. The smallest absolute Gasteiger partial charge is 0.326 e. The van der Waals surface area contributed by atoms with E-state index in [2.05, 4.69) is 10.6 Å². The van der Waals surface area contributed by atoms with Crippen LogP contribution >= 0.6 is 0 Å². The zero-order chi connectivity index (χ0) is 15.8. The van der Waals surface area contributed by atoms with Crippen LogP contribution in [0.3, 0.4) is 0 Å². The summed E-state index contributed by atoms with van der Waals surface area (Å²) in [5, 5.41) is 22.8. The molecule has 0 bridgehead atoms. The van der Waals surface area contributed by atoms with Gasteiger partial charge in [-0.3, -0.25) is 9.59 Å². The maximum absolute atomic E-state index is 11.6. The van der Waals surface area contributed by atoms with E-state index in [-0.39, 0.29) is 25.3 Å². The molecule has 114 valence electrons. The second-order valence-corrected chi connectivity index (χ2v) is 4.31. The van der Waals surface area contributed by atoms with Gasteiger partial charge in [0, 0.05) is 6.42 Å². The standard InChI is InChI=1S/C13H17N3O5/c14-6-11(18)15-7-12(19)16-10(13(20)21)5-8-1-3-9(17)4-2-8/h1-4,10,17H,5-7,14H2,(H,15,18)(H,16,19)(H,20,21)/t10-/m1/s1. The molecule has 0 saturated carbocycles. The quantitative estimate of drug-likeness (QED) is 0.418. The number of phenols is 1. The average molecular weight is 295 g/mol. The molecule has 0 saturated heterocycles. The molecule has 1 atom stereocenters. The van der Waals surface area contributed by atoms with Gasteiger partial charge in [0.25, 0.3) is 0 Å². The van der Waals surface area contributed by atoms with Crippen LogP contribution in [0.1, 0.15) is 5.56 Å². The van der Waals surface area contributed by atoms with Crippen LogP contribution in [0.15, 0.2) is 24.3 Å². The third kappa shape index (κ3) is 5.91. The van der Waals surface area contributed by atoms with Gasteiger partial charge in [0.05, 0.1) is 13.1 Å². The van der Waals surface area contributed by atoms with Gasteiger partial charge in [0.15, 0.2) is 0 Å². The minimum Gasteiger partial charge on any atom is -0.508 e. The lowest BCUT2D eigenvalue weighted by molar-refractivity contribution is -0.141. The number of rotatable bonds is 7. The number of aromatic hydroxyl groups is 1. The van der Waals surface area contributed by atoms with E-state index < -0.39 is 23.8 Å². The molecule has 1 rings (SSSR count). The van der Waals surface area contributed by atoms with Gasteiger partial charge in [0.2, 0.25) is 11.8 Å². The zero-order valence-corrected chi connectivity index (χ0v) is 11.2. The highest BCUT2D eigenvalue weighted by Crippen LogP contribution is 2.11. The van der Waals surface area contributed by atoms with Gasteiger partial charge in [-0.15, -0.1) is 0 Å². The summed E-state index contributed by atoms with van der Waals surface area (Å²) in [6.45, 7) is -0.585. The van der Waals surface area contributed by atoms with Crippen LogP contribution in [-0.2, 0) is 20.8 Å². The molecule has 0 heterocycles. The molecule has 1 aromatic carbocycles. The Labute approximate surface area is 120 Å². The molecule has 0 fully saturated rings. The molecular weight excluding hydrogens is 278 g/mol. The summed E-state index contributed by atoms with van der Waals surface area (Å²) in [5.41, 5.74) is 5.71. The fraction of sp³-hybridized carbons (Fsp3) is 0.308. The van der Waals surface area contributed by atoms with Gasteiger partial charge in [-0.1, -0.05) is 12.1 Å². The molecule has 0 radical (unpaired) electrons. The lowest BCUT2D eigenvalue weighted by Gasteiger charge is -2.15. The topological polar surface area (TPSA) is 142 Å². The lowest BCUT2D eigenvalue weighted by atomic mass is 10.1. The van der Waals surface area contributed by atoms with Crippen LogP contribution in [0.4, 0.5) is 0 Å². The van der Waals surface area contributed by atoms with Crippen molar-refractivity contribution in [1.82, 2.24) is 10.6 Å². The number of amides is 2. The predicted molar refractivity (Wildman–Crippen MR) is 73.4 cm³/mol. The SMILES string of the molecule is NCC(=O)NCC(=O)N[C@H](Cc1ccc(O)cc1)C(=O)O. The number of aliphatic carboxylic acids is 1. The number of phenolic OH excluding ortho intramolecular Hbond substituents is 1. The highest BCUT2D eigenvalue weighted by molar-refractivity contribution is 5.88. The molecule has 0 aromatic heterocycles. The Hall–Kier alpha value is -2.61. The van der Waals surface area contributed by atoms with E-state index in [1.807, 2.05) is 0 Å². The van der Waals surface area contributed by atoms with Crippen molar-refractivity contribution in [1.29, 1.82) is 0 Å². The predicted octanol–water partition coefficient (Wildman–Crippen LogP) is -1.42. The number of carboxylic acid groups (broad SMARTS) is 1. The van der Waals surface area contributed by atoms with Gasteiger partial charge in [-0.2, -0.15) is 0 Å². The van der Waals surface area contributed by atoms with Crippen molar-refractivity contribution in [3.8, 4) is 5.75 Å². The number of nitrogens with two attached hydrogens (primary N) is 1. The number of hydrogen-bond acceptors (Lipinski definition) is 5. The van der Waals surface area contributed by atoms with E-state index in [1.54, 1.807) is 12.1 Å². The van der Waals surface area contributed by atoms with Crippen LogP contribution in [0.25, 0.3) is 0 Å². The summed E-state index contributed by atoms with van der Waals surface area (Å²) >= 11 is 0. The second-order valence-electron chi connectivity index (χ2n) is 4.31. The van der Waals surface area contributed by atoms with Crippen molar-refractivity contribution in [2.45, 2.75) is 12.5 Å². The summed E-state index contributed by atoms with van der Waals surface area (Å²) in [4.78, 5) is 33.6. The molecule has 0 aliphatic carbocycles. The van der Waals surface area contributed by atoms with E-state index >= 15 is 0 Å². The normalized spacial score (nSPS) is 11.5. The Kier molecular flexibility index (Phi) is 6.15. The Bertz CT molecular complexity index is 515. The first-order valence-electron chi connectivity index (χ1n) is 6.19. The van der Waals surface area contributed by atoms with E-state index in [0.29, 0.717) is 5.56 Å². The van der Waals surface area contributed by atoms with E-state index in [4.69, 9.17) is 15.9 Å². The molecule has 2 amide bonds. The molecule has 0 spiro atoms. The molecule has 0 unspecified atom stereocenters. The first-order valence-corrected chi connectivity index (χ1v) is 6.19. The van der Waals surface area contributed by atoms with Crippen LogP contribution in [0.2, 0.25) is 0 Å². The third-order valence-corrected chi connectivity index (χ3v) is 2.64. The van der Waals surface area contributed by atoms with Gasteiger partial charge in [-0.25, -0.2) is 4.79 Å². The Morgan fingerprint density at radius 2 is 1.76 bits per heavy atom. The van der Waals surface area contributed by atoms with Crippen molar-refractivity contribution in [3.63, 3.8) is 0 Å². The first-order chi connectivity index (χ1) is 9.92. The number of carbonyl (C=O) groups is 3. The average Bonchev–Trinajstić information content (AvgIpc) is 2.46. The highest BCUT2D eigenvalue weighted by atomic mass is 16.4. The van der Waals surface area contributed by atoms with Crippen molar-refractivity contribution in [2.75, 3.05) is 13.1 Å². The van der Waals surface area contributed by atoms with Crippen LogP contribution in [-0.4, -0.2) is 47.1 Å². The number of carboxylic acids is 1. The number of carbonyl (C=O) groups excluding carboxylic acids is 2. The fourth-order valence-corrected chi connectivity index (χ4v) is 1.56. The van der Waals surface area contributed by atoms with Crippen molar-refractivity contribution >= 4 is 17.8 Å². The fourth-order valence-electron chi connectivity index (χ4n) is 1.56. The van der Waals surface area contributed by atoms with E-state index in [9.17, 15) is 14.4 Å².